The van der Waals surface area contributed by atoms with Crippen LogP contribution in [0.3, 0.4) is 0 Å². The summed E-state index contributed by atoms with van der Waals surface area (Å²) in [6.07, 6.45) is 10.0. The lowest BCUT2D eigenvalue weighted by molar-refractivity contribution is 0.0954. The van der Waals surface area contributed by atoms with Gasteiger partial charge in [-0.2, -0.15) is 0 Å². The molecule has 47 heavy (non-hydrogen) atoms. The van der Waals surface area contributed by atoms with Crippen molar-refractivity contribution in [1.29, 1.82) is 0 Å². The van der Waals surface area contributed by atoms with Crippen molar-refractivity contribution in [3.8, 4) is 20.9 Å². The predicted molar refractivity (Wildman–Crippen MR) is 210 cm³/mol. The van der Waals surface area contributed by atoms with E-state index in [1.54, 1.807) is 11.3 Å². The van der Waals surface area contributed by atoms with Gasteiger partial charge in [0.2, 0.25) is 0 Å². The zero-order valence-corrected chi connectivity index (χ0v) is 30.6. The predicted octanol–water partition coefficient (Wildman–Crippen LogP) is 13.6. The van der Waals surface area contributed by atoms with Crippen LogP contribution in [0.5, 0.6) is 0 Å². The summed E-state index contributed by atoms with van der Waals surface area (Å²) in [6.45, 7) is 17.2. The summed E-state index contributed by atoms with van der Waals surface area (Å²) in [4.78, 5) is 5.33. The third-order valence-electron chi connectivity index (χ3n) is 9.93. The van der Waals surface area contributed by atoms with Crippen molar-refractivity contribution >= 4 is 60.7 Å². The number of unbranched alkanes of at least 4 members (excludes halogenated alkanes) is 2. The van der Waals surface area contributed by atoms with Gasteiger partial charge in [0.1, 0.15) is 6.73 Å². The molecule has 0 fully saturated rings. The van der Waals surface area contributed by atoms with Gasteiger partial charge >= 0.3 is 0 Å². The number of rotatable bonds is 17. The lowest BCUT2D eigenvalue weighted by Crippen LogP contribution is -2.20. The fourth-order valence-electron chi connectivity index (χ4n) is 7.21. The summed E-state index contributed by atoms with van der Waals surface area (Å²) in [5, 5.41) is 11.4. The molecule has 6 aromatic rings. The molecule has 246 valence electrons. The first kappa shape index (κ1) is 33.7. The molecule has 2 aromatic heterocycles. The number of thiophene rings is 2. The minimum absolute atomic E-state index is 0.273. The monoisotopic (exact) mass is 661 g/mol. The molecule has 6 rings (SSSR count). The van der Waals surface area contributed by atoms with Crippen molar-refractivity contribution in [3.63, 3.8) is 0 Å². The lowest BCUT2D eigenvalue weighted by Gasteiger charge is -2.28. The van der Waals surface area contributed by atoms with E-state index < -0.39 is 0 Å². The molecule has 0 saturated heterocycles. The van der Waals surface area contributed by atoms with Crippen LogP contribution < -0.4 is 5.32 Å². The molecule has 2 atom stereocenters. The highest BCUT2D eigenvalue weighted by Gasteiger charge is 2.27. The van der Waals surface area contributed by atoms with Crippen molar-refractivity contribution in [1.82, 2.24) is 5.32 Å². The largest absolute Gasteiger partial charge is 0.362 e. The fraction of sp³-hybridized carbons (Fsp3) is 0.395. The summed E-state index contributed by atoms with van der Waals surface area (Å²) >= 11 is 3.79. The Morgan fingerprint density at radius 3 is 1.89 bits per heavy atom. The smallest absolute Gasteiger partial charge is 0.116 e. The Hall–Kier alpha value is -3.18. The van der Waals surface area contributed by atoms with E-state index in [9.17, 15) is 0 Å². The average molecular weight is 662 g/mol. The third-order valence-corrected chi connectivity index (χ3v) is 12.6. The third kappa shape index (κ3) is 7.31. The quantitative estimate of drug-likeness (QED) is 0.0597. The highest BCUT2D eigenvalue weighted by Crippen LogP contribution is 2.44. The SMILES string of the molecule is C=C(NCOCC(C)CCCC)c1ccc(-c2cc3ccc4cc(-c5ccc(C(C)(CCC)CCCC)s5)cc5ccc(c2)c3c45)s1. The maximum atomic E-state index is 5.89. The van der Waals surface area contributed by atoms with Crippen LogP contribution in [0.25, 0.3) is 58.9 Å². The molecule has 4 aromatic carbocycles. The molecule has 0 spiro atoms. The van der Waals surface area contributed by atoms with Crippen molar-refractivity contribution < 1.29 is 4.74 Å². The molecule has 0 radical (unpaired) electrons. The molecule has 2 unspecified atom stereocenters. The lowest BCUT2D eigenvalue weighted by atomic mass is 9.79. The number of nitrogens with one attached hydrogen (secondary N) is 1. The fourth-order valence-corrected chi connectivity index (χ4v) is 9.34. The van der Waals surface area contributed by atoms with Gasteiger partial charge in [-0.15, -0.1) is 22.7 Å². The van der Waals surface area contributed by atoms with Gasteiger partial charge in [-0.25, -0.2) is 0 Å². The summed E-state index contributed by atoms with van der Waals surface area (Å²) in [6, 6.07) is 28.0. The van der Waals surface area contributed by atoms with Gasteiger partial charge in [-0.3, -0.25) is 0 Å². The van der Waals surface area contributed by atoms with Gasteiger partial charge in [0.25, 0.3) is 0 Å². The first-order valence-electron chi connectivity index (χ1n) is 17.8. The molecular formula is C43H51NOS2. The van der Waals surface area contributed by atoms with Crippen molar-refractivity contribution in [2.24, 2.45) is 5.92 Å². The summed E-state index contributed by atoms with van der Waals surface area (Å²) in [7, 11) is 0. The molecule has 0 saturated carbocycles. The first-order chi connectivity index (χ1) is 22.8. The van der Waals surface area contributed by atoms with E-state index in [0.717, 1.165) is 17.2 Å². The van der Waals surface area contributed by atoms with Crippen LogP contribution in [0, 0.1) is 5.92 Å². The first-order valence-corrected chi connectivity index (χ1v) is 19.4. The number of hydrogen-bond acceptors (Lipinski definition) is 4. The Morgan fingerprint density at radius 1 is 0.745 bits per heavy atom. The Bertz CT molecular complexity index is 1880. The minimum Gasteiger partial charge on any atom is -0.362 e. The van der Waals surface area contributed by atoms with Gasteiger partial charge in [0.15, 0.2) is 0 Å². The van der Waals surface area contributed by atoms with E-state index in [0.29, 0.717) is 12.6 Å². The second kappa shape index (κ2) is 14.9. The average Bonchev–Trinajstić information content (AvgIpc) is 3.79. The molecule has 2 nitrogen and oxygen atoms in total. The van der Waals surface area contributed by atoms with Gasteiger partial charge < -0.3 is 10.1 Å². The highest BCUT2D eigenvalue weighted by atomic mass is 32.1. The second-order valence-electron chi connectivity index (χ2n) is 13.9. The van der Waals surface area contributed by atoms with Crippen molar-refractivity contribution in [2.75, 3.05) is 13.3 Å². The number of benzene rings is 4. The Labute approximate surface area is 290 Å². The van der Waals surface area contributed by atoms with Crippen LogP contribution in [-0.4, -0.2) is 13.3 Å². The van der Waals surface area contributed by atoms with Gasteiger partial charge in [0.05, 0.1) is 11.5 Å². The molecule has 1 N–H and O–H groups in total. The van der Waals surface area contributed by atoms with E-state index >= 15 is 0 Å². The van der Waals surface area contributed by atoms with Crippen LogP contribution in [-0.2, 0) is 10.2 Å². The molecule has 0 amide bonds. The van der Waals surface area contributed by atoms with E-state index in [1.165, 1.54) is 109 Å². The summed E-state index contributed by atoms with van der Waals surface area (Å²) < 4.78 is 5.89. The Kier molecular flexibility index (Phi) is 10.7. The van der Waals surface area contributed by atoms with Crippen LogP contribution >= 0.6 is 22.7 Å². The van der Waals surface area contributed by atoms with E-state index in [-0.39, 0.29) is 5.41 Å². The van der Waals surface area contributed by atoms with Crippen LogP contribution in [0.2, 0.25) is 0 Å². The minimum atomic E-state index is 0.273. The summed E-state index contributed by atoms with van der Waals surface area (Å²) in [5.41, 5.74) is 3.78. The van der Waals surface area contributed by atoms with Gasteiger partial charge in [-0.1, -0.05) is 97.6 Å². The van der Waals surface area contributed by atoms with Crippen LogP contribution in [0.15, 0.2) is 79.4 Å². The number of hydrogen-bond donors (Lipinski definition) is 1. The van der Waals surface area contributed by atoms with Crippen molar-refractivity contribution in [3.05, 3.63) is 89.1 Å². The zero-order valence-electron chi connectivity index (χ0n) is 29.0. The molecule has 4 heteroatoms. The van der Waals surface area contributed by atoms with Gasteiger partial charge in [-0.05, 0) is 117 Å². The van der Waals surface area contributed by atoms with E-state index in [1.807, 2.05) is 11.3 Å². The van der Waals surface area contributed by atoms with Crippen LogP contribution in [0.1, 0.15) is 95.7 Å². The maximum Gasteiger partial charge on any atom is 0.116 e. The molecule has 0 aliphatic heterocycles. The molecule has 0 aliphatic rings. The zero-order chi connectivity index (χ0) is 33.0. The molecule has 2 heterocycles. The topological polar surface area (TPSA) is 21.3 Å². The molecule has 0 aliphatic carbocycles. The number of ether oxygens (including phenoxy) is 1. The maximum absolute atomic E-state index is 5.89. The Balaban J connectivity index is 1.22. The van der Waals surface area contributed by atoms with E-state index in [2.05, 4.69) is 119 Å². The standard InChI is InChI=1S/C43H51NOS2/c1-7-10-12-29(4)27-45-28-44-30(5)37-17-18-38(46-37)35-23-31-13-15-33-25-36(26-34-16-14-32(24-35)41(31)42(33)34)39-19-20-40(47-39)43(6,21-9-3)22-11-8-2/h13-20,23-26,29,44H,5,7-12,21-22,27-28H2,1-4,6H3. The van der Waals surface area contributed by atoms with Gasteiger partial charge in [0, 0.05) is 25.7 Å². The Morgan fingerprint density at radius 2 is 1.32 bits per heavy atom. The second-order valence-corrected chi connectivity index (χ2v) is 16.1. The van der Waals surface area contributed by atoms with E-state index in [4.69, 9.17) is 4.74 Å². The highest BCUT2D eigenvalue weighted by molar-refractivity contribution is 7.16. The van der Waals surface area contributed by atoms with Crippen LogP contribution in [0.4, 0.5) is 0 Å². The summed E-state index contributed by atoms with van der Waals surface area (Å²) in [5.74, 6) is 0.591. The normalized spacial score (nSPS) is 13.9. The molecular weight excluding hydrogens is 611 g/mol. The van der Waals surface area contributed by atoms with Crippen molar-refractivity contribution in [2.45, 2.75) is 91.4 Å². The molecule has 0 bridgehead atoms.